The highest BCUT2D eigenvalue weighted by Gasteiger charge is 2.03. The lowest BCUT2D eigenvalue weighted by molar-refractivity contribution is -0.120. The van der Waals surface area contributed by atoms with Gasteiger partial charge in [0.1, 0.15) is 0 Å². The zero-order chi connectivity index (χ0) is 15.1. The summed E-state index contributed by atoms with van der Waals surface area (Å²) in [5.74, 6) is -0.0583. The smallest absolute Gasteiger partial charge is 0.234 e. The predicted octanol–water partition coefficient (Wildman–Crippen LogP) is 3.40. The van der Waals surface area contributed by atoms with Gasteiger partial charge in [-0.2, -0.15) is 0 Å². The molecule has 0 aliphatic heterocycles. The Morgan fingerprint density at radius 1 is 0.952 bits per heavy atom. The van der Waals surface area contributed by atoms with Gasteiger partial charge in [0.15, 0.2) is 0 Å². The molecule has 0 atom stereocenters. The molecule has 0 aliphatic rings. The fourth-order valence-electron chi connectivity index (χ4n) is 1.82. The molecule has 2 rings (SSSR count). The largest absolute Gasteiger partial charge is 0.351 e. The van der Waals surface area contributed by atoms with Crippen LogP contribution in [0.2, 0.25) is 10.0 Å². The van der Waals surface area contributed by atoms with Gasteiger partial charge in [-0.05, 0) is 29.3 Å². The Labute approximate surface area is 134 Å². The number of halogens is 2. The Morgan fingerprint density at radius 2 is 1.67 bits per heavy atom. The SMILES string of the molecule is O=C(CNCc1ccccc1Cl)NCc1ccc(Cl)cc1. The fourth-order valence-corrected chi connectivity index (χ4v) is 2.15. The molecule has 0 aromatic heterocycles. The molecular weight excluding hydrogens is 307 g/mol. The fraction of sp³-hybridized carbons (Fsp3) is 0.188. The minimum absolute atomic E-state index is 0.0583. The summed E-state index contributed by atoms with van der Waals surface area (Å²) in [6.07, 6.45) is 0. The molecule has 0 bridgehead atoms. The molecule has 0 saturated carbocycles. The third kappa shape index (κ3) is 5.38. The lowest BCUT2D eigenvalue weighted by Gasteiger charge is -2.08. The summed E-state index contributed by atoms with van der Waals surface area (Å²) in [5, 5.41) is 7.30. The van der Waals surface area contributed by atoms with Crippen LogP contribution < -0.4 is 10.6 Å². The lowest BCUT2D eigenvalue weighted by atomic mass is 10.2. The summed E-state index contributed by atoms with van der Waals surface area (Å²) in [6, 6.07) is 14.9. The second kappa shape index (κ2) is 8.03. The zero-order valence-electron chi connectivity index (χ0n) is 11.4. The van der Waals surface area contributed by atoms with Gasteiger partial charge >= 0.3 is 0 Å². The molecule has 0 saturated heterocycles. The Bertz CT molecular complexity index is 599. The van der Waals surface area contributed by atoms with Crippen LogP contribution in [-0.4, -0.2) is 12.5 Å². The molecule has 1 amide bonds. The molecule has 2 aromatic rings. The van der Waals surface area contributed by atoms with E-state index in [1.807, 2.05) is 36.4 Å². The highest BCUT2D eigenvalue weighted by Crippen LogP contribution is 2.14. The van der Waals surface area contributed by atoms with Crippen molar-refractivity contribution in [2.45, 2.75) is 13.1 Å². The van der Waals surface area contributed by atoms with Crippen molar-refractivity contribution in [1.82, 2.24) is 10.6 Å². The molecule has 21 heavy (non-hydrogen) atoms. The number of nitrogens with one attached hydrogen (secondary N) is 2. The van der Waals surface area contributed by atoms with Gasteiger partial charge in [-0.3, -0.25) is 4.79 Å². The van der Waals surface area contributed by atoms with Crippen LogP contribution in [0.1, 0.15) is 11.1 Å². The standard InChI is InChI=1S/C16H16Cl2N2O/c17-14-7-5-12(6-8-14)9-20-16(21)11-19-10-13-3-1-2-4-15(13)18/h1-8,19H,9-11H2,(H,20,21). The van der Waals surface area contributed by atoms with Gasteiger partial charge in [0.25, 0.3) is 0 Å². The number of carbonyl (C=O) groups is 1. The second-order valence-electron chi connectivity index (χ2n) is 4.60. The maximum absolute atomic E-state index is 11.7. The first-order valence-corrected chi connectivity index (χ1v) is 7.36. The van der Waals surface area contributed by atoms with Crippen molar-refractivity contribution in [3.63, 3.8) is 0 Å². The van der Waals surface area contributed by atoms with Crippen molar-refractivity contribution in [3.8, 4) is 0 Å². The van der Waals surface area contributed by atoms with Crippen molar-refractivity contribution < 1.29 is 4.79 Å². The van der Waals surface area contributed by atoms with E-state index in [9.17, 15) is 4.79 Å². The molecule has 2 N–H and O–H groups in total. The van der Waals surface area contributed by atoms with Crippen LogP contribution in [0.25, 0.3) is 0 Å². The molecule has 110 valence electrons. The van der Waals surface area contributed by atoms with Gasteiger partial charge in [0.05, 0.1) is 6.54 Å². The number of amides is 1. The van der Waals surface area contributed by atoms with E-state index in [2.05, 4.69) is 10.6 Å². The van der Waals surface area contributed by atoms with Gasteiger partial charge in [-0.15, -0.1) is 0 Å². The monoisotopic (exact) mass is 322 g/mol. The number of benzene rings is 2. The maximum atomic E-state index is 11.7. The van der Waals surface area contributed by atoms with Crippen LogP contribution in [0.5, 0.6) is 0 Å². The highest BCUT2D eigenvalue weighted by molar-refractivity contribution is 6.31. The molecule has 0 unspecified atom stereocenters. The Kier molecular flexibility index (Phi) is 6.05. The van der Waals surface area contributed by atoms with Crippen LogP contribution in [0.15, 0.2) is 48.5 Å². The molecule has 2 aromatic carbocycles. The first kappa shape index (κ1) is 15.8. The summed E-state index contributed by atoms with van der Waals surface area (Å²) < 4.78 is 0. The van der Waals surface area contributed by atoms with E-state index >= 15 is 0 Å². The second-order valence-corrected chi connectivity index (χ2v) is 5.44. The van der Waals surface area contributed by atoms with Crippen LogP contribution in [0.3, 0.4) is 0 Å². The average Bonchev–Trinajstić information content (AvgIpc) is 2.49. The van der Waals surface area contributed by atoms with Gasteiger partial charge in [-0.1, -0.05) is 53.5 Å². The third-order valence-corrected chi connectivity index (χ3v) is 3.58. The Balaban J connectivity index is 1.70. The van der Waals surface area contributed by atoms with Crippen LogP contribution in [-0.2, 0) is 17.9 Å². The summed E-state index contributed by atoms with van der Waals surface area (Å²) in [7, 11) is 0. The van der Waals surface area contributed by atoms with E-state index < -0.39 is 0 Å². The van der Waals surface area contributed by atoms with Gasteiger partial charge in [0, 0.05) is 23.1 Å². The lowest BCUT2D eigenvalue weighted by Crippen LogP contribution is -2.33. The van der Waals surface area contributed by atoms with Crippen LogP contribution in [0.4, 0.5) is 0 Å². The molecule has 3 nitrogen and oxygen atoms in total. The first-order chi connectivity index (χ1) is 10.1. The summed E-state index contributed by atoms with van der Waals surface area (Å²) >= 11 is 11.8. The van der Waals surface area contributed by atoms with Crippen molar-refractivity contribution in [2.75, 3.05) is 6.54 Å². The molecule has 0 heterocycles. The van der Waals surface area contributed by atoms with E-state index in [1.165, 1.54) is 0 Å². The summed E-state index contributed by atoms with van der Waals surface area (Å²) in [5.41, 5.74) is 1.99. The maximum Gasteiger partial charge on any atom is 0.234 e. The van der Waals surface area contributed by atoms with Gasteiger partial charge in [0.2, 0.25) is 5.91 Å². The predicted molar refractivity (Wildman–Crippen MR) is 86.5 cm³/mol. The zero-order valence-corrected chi connectivity index (χ0v) is 12.9. The van der Waals surface area contributed by atoms with Gasteiger partial charge in [-0.25, -0.2) is 0 Å². The molecule has 0 radical (unpaired) electrons. The first-order valence-electron chi connectivity index (χ1n) is 6.60. The third-order valence-electron chi connectivity index (χ3n) is 2.96. The Morgan fingerprint density at radius 3 is 2.38 bits per heavy atom. The van der Waals surface area contributed by atoms with Crippen LogP contribution in [0, 0.1) is 0 Å². The number of hydrogen-bond donors (Lipinski definition) is 2. The molecule has 0 spiro atoms. The number of carbonyl (C=O) groups excluding carboxylic acids is 1. The molecule has 5 heteroatoms. The van der Waals surface area contributed by atoms with E-state index in [4.69, 9.17) is 23.2 Å². The molecule has 0 aliphatic carbocycles. The minimum atomic E-state index is -0.0583. The number of hydrogen-bond acceptors (Lipinski definition) is 2. The average molecular weight is 323 g/mol. The quantitative estimate of drug-likeness (QED) is 0.855. The van der Waals surface area contributed by atoms with E-state index in [-0.39, 0.29) is 12.5 Å². The Hall–Kier alpha value is -1.55. The van der Waals surface area contributed by atoms with Gasteiger partial charge < -0.3 is 10.6 Å². The molecule has 0 fully saturated rings. The van der Waals surface area contributed by atoms with Crippen molar-refractivity contribution in [3.05, 3.63) is 69.7 Å². The van der Waals surface area contributed by atoms with Crippen molar-refractivity contribution >= 4 is 29.1 Å². The van der Waals surface area contributed by atoms with E-state index in [0.717, 1.165) is 11.1 Å². The highest BCUT2D eigenvalue weighted by atomic mass is 35.5. The number of rotatable bonds is 6. The van der Waals surface area contributed by atoms with Crippen LogP contribution >= 0.6 is 23.2 Å². The van der Waals surface area contributed by atoms with E-state index in [0.29, 0.717) is 23.1 Å². The van der Waals surface area contributed by atoms with E-state index in [1.54, 1.807) is 12.1 Å². The summed E-state index contributed by atoms with van der Waals surface area (Å²) in [6.45, 7) is 1.30. The topological polar surface area (TPSA) is 41.1 Å². The molecular formula is C16H16Cl2N2O. The summed E-state index contributed by atoms with van der Waals surface area (Å²) in [4.78, 5) is 11.7. The normalized spacial score (nSPS) is 10.4. The minimum Gasteiger partial charge on any atom is -0.351 e. The van der Waals surface area contributed by atoms with Crippen molar-refractivity contribution in [1.29, 1.82) is 0 Å². The van der Waals surface area contributed by atoms with Crippen molar-refractivity contribution in [2.24, 2.45) is 0 Å².